The van der Waals surface area contributed by atoms with Crippen molar-refractivity contribution < 1.29 is 47.6 Å². The van der Waals surface area contributed by atoms with E-state index in [1.165, 1.54) is 6.92 Å². The number of unbranched alkanes of at least 4 members (excludes halogenated alkanes) is 3. The fourth-order valence-corrected chi connectivity index (χ4v) is 3.40. The molecular weight excluding hydrogens is 458 g/mol. The van der Waals surface area contributed by atoms with Crippen LogP contribution in [0, 0.1) is 0 Å². The van der Waals surface area contributed by atoms with E-state index in [1.807, 2.05) is 0 Å². The molecule has 188 valence electrons. The van der Waals surface area contributed by atoms with E-state index < -0.39 is 54.5 Å². The van der Waals surface area contributed by atoms with Crippen LogP contribution in [0.4, 0.5) is 0 Å². The molecule has 33 heavy (non-hydrogen) atoms. The van der Waals surface area contributed by atoms with Gasteiger partial charge in [0, 0.05) is 27.7 Å². The minimum absolute atomic E-state index is 0.0209. The minimum Gasteiger partial charge on any atom is -0.471 e. The normalized spacial score (nSPS) is 24.2. The molecule has 0 saturated carbocycles. The van der Waals surface area contributed by atoms with Gasteiger partial charge in [-0.15, -0.1) is 0 Å². The van der Waals surface area contributed by atoms with Crippen LogP contribution in [0.2, 0.25) is 0 Å². The van der Waals surface area contributed by atoms with Crippen LogP contribution in [0.15, 0.2) is 0 Å². The lowest BCUT2D eigenvalue weighted by Gasteiger charge is -2.44. The van der Waals surface area contributed by atoms with Crippen LogP contribution in [-0.2, 0) is 47.6 Å². The van der Waals surface area contributed by atoms with Crippen LogP contribution in [0.3, 0.4) is 0 Å². The average Bonchev–Trinajstić information content (AvgIpc) is 2.69. The molecule has 1 rings (SSSR count). The first kappa shape index (κ1) is 28.6. The van der Waals surface area contributed by atoms with Gasteiger partial charge in [0.05, 0.1) is 6.61 Å². The molecule has 0 aromatic carbocycles. The fourth-order valence-electron chi connectivity index (χ4n) is 3.20. The molecule has 0 radical (unpaired) electrons. The Balaban J connectivity index is 3.12. The molecule has 0 aromatic rings. The molecule has 0 bridgehead atoms. The minimum atomic E-state index is -1.27. The molecule has 1 heterocycles. The third kappa shape index (κ3) is 10.8. The largest absolute Gasteiger partial charge is 0.471 e. The summed E-state index contributed by atoms with van der Waals surface area (Å²) in [7, 11) is 0. The lowest BCUT2D eigenvalue weighted by molar-refractivity contribution is -0.255. The van der Waals surface area contributed by atoms with Gasteiger partial charge in [0.25, 0.3) is 5.17 Å². The van der Waals surface area contributed by atoms with Crippen molar-refractivity contribution in [3.8, 4) is 0 Å². The molecule has 12 heteroatoms. The van der Waals surface area contributed by atoms with Crippen molar-refractivity contribution in [2.45, 2.75) is 90.9 Å². The summed E-state index contributed by atoms with van der Waals surface area (Å²) in [5.41, 5.74) is 0. The SMILES string of the molecule is CCCCCCOC(=S)N[C@@H]1O[C@H](COC(C)=O)[C@@H](OC(C)=O)[C@H](OC(C)=O)[C@H]1OC(C)=O. The van der Waals surface area contributed by atoms with E-state index in [2.05, 4.69) is 12.2 Å². The van der Waals surface area contributed by atoms with Gasteiger partial charge >= 0.3 is 23.9 Å². The number of rotatable bonds is 11. The number of carbonyl (C=O) groups is 4. The molecule has 11 nitrogen and oxygen atoms in total. The van der Waals surface area contributed by atoms with E-state index >= 15 is 0 Å². The van der Waals surface area contributed by atoms with E-state index in [4.69, 9.17) is 40.6 Å². The summed E-state index contributed by atoms with van der Waals surface area (Å²) in [5.74, 6) is -2.70. The lowest BCUT2D eigenvalue weighted by Crippen LogP contribution is -2.66. The van der Waals surface area contributed by atoms with Gasteiger partial charge in [-0.2, -0.15) is 0 Å². The molecule has 1 aliphatic heterocycles. The van der Waals surface area contributed by atoms with Crippen LogP contribution in [0.5, 0.6) is 0 Å². The lowest BCUT2D eigenvalue weighted by atomic mass is 9.97. The molecule has 0 spiro atoms. The monoisotopic (exact) mass is 491 g/mol. The Morgan fingerprint density at radius 3 is 1.91 bits per heavy atom. The maximum absolute atomic E-state index is 11.8. The van der Waals surface area contributed by atoms with Gasteiger partial charge < -0.3 is 33.7 Å². The van der Waals surface area contributed by atoms with Crippen LogP contribution < -0.4 is 5.32 Å². The number of thiocarbonyl (C=S) groups is 1. The molecule has 1 N–H and O–H groups in total. The van der Waals surface area contributed by atoms with E-state index in [0.29, 0.717) is 6.61 Å². The van der Waals surface area contributed by atoms with Crippen molar-refractivity contribution in [3.63, 3.8) is 0 Å². The van der Waals surface area contributed by atoms with Crippen molar-refractivity contribution in [1.29, 1.82) is 0 Å². The molecule has 1 saturated heterocycles. The third-order valence-corrected chi connectivity index (χ3v) is 4.72. The van der Waals surface area contributed by atoms with Crippen molar-refractivity contribution in [2.75, 3.05) is 13.2 Å². The predicted molar refractivity (Wildman–Crippen MR) is 118 cm³/mol. The summed E-state index contributed by atoms with van der Waals surface area (Å²) in [6.07, 6.45) is -2.01. The van der Waals surface area contributed by atoms with Crippen LogP contribution in [0.1, 0.15) is 60.3 Å². The Bertz CT molecular complexity index is 701. The average molecular weight is 492 g/mol. The van der Waals surface area contributed by atoms with Gasteiger partial charge in [-0.25, -0.2) is 0 Å². The van der Waals surface area contributed by atoms with Gasteiger partial charge in [-0.05, 0) is 18.6 Å². The number of carbonyl (C=O) groups excluding carboxylic acids is 4. The molecule has 0 unspecified atom stereocenters. The Kier molecular flexibility index (Phi) is 12.7. The molecule has 0 aromatic heterocycles. The summed E-state index contributed by atoms with van der Waals surface area (Å²) in [4.78, 5) is 46.6. The molecular formula is C21H33NO10S. The van der Waals surface area contributed by atoms with Crippen molar-refractivity contribution in [1.82, 2.24) is 5.32 Å². The van der Waals surface area contributed by atoms with Crippen LogP contribution >= 0.6 is 12.2 Å². The van der Waals surface area contributed by atoms with Crippen molar-refractivity contribution in [3.05, 3.63) is 0 Å². The first-order chi connectivity index (χ1) is 15.5. The highest BCUT2D eigenvalue weighted by Gasteiger charge is 2.52. The zero-order valence-corrected chi connectivity index (χ0v) is 20.4. The number of nitrogens with one attached hydrogen (secondary N) is 1. The smallest absolute Gasteiger partial charge is 0.303 e. The second kappa shape index (κ2) is 14.6. The summed E-state index contributed by atoms with van der Waals surface area (Å²) in [6.45, 7) is 6.82. The first-order valence-corrected chi connectivity index (χ1v) is 11.2. The summed E-state index contributed by atoms with van der Waals surface area (Å²) in [6, 6.07) is 0. The standard InChI is InChI=1S/C21H33NO10S/c1-6-7-8-9-10-27-21(33)22-20-19(31-15(5)26)18(30-14(4)25)17(29-13(3)24)16(32-20)11-28-12(2)23/h16-20H,6-11H2,1-5H3,(H,22,33)/t16-,17-,18+,19-,20-/m1/s1. The van der Waals surface area contributed by atoms with Crippen molar-refractivity contribution in [2.24, 2.45) is 0 Å². The second-order valence-corrected chi connectivity index (χ2v) is 7.83. The van der Waals surface area contributed by atoms with Crippen LogP contribution in [0.25, 0.3) is 0 Å². The number of hydrogen-bond acceptors (Lipinski definition) is 11. The first-order valence-electron chi connectivity index (χ1n) is 10.8. The van der Waals surface area contributed by atoms with E-state index in [1.54, 1.807) is 0 Å². The van der Waals surface area contributed by atoms with Gasteiger partial charge in [-0.3, -0.25) is 19.2 Å². The summed E-state index contributed by atoms with van der Waals surface area (Å²) >= 11 is 5.22. The highest BCUT2D eigenvalue weighted by atomic mass is 32.1. The molecule has 0 aliphatic carbocycles. The van der Waals surface area contributed by atoms with Gasteiger partial charge in [-0.1, -0.05) is 26.2 Å². The number of esters is 4. The topological polar surface area (TPSA) is 136 Å². The molecule has 0 amide bonds. The van der Waals surface area contributed by atoms with E-state index in [9.17, 15) is 19.2 Å². The molecule has 5 atom stereocenters. The highest BCUT2D eigenvalue weighted by molar-refractivity contribution is 7.80. The summed E-state index contributed by atoms with van der Waals surface area (Å²) < 4.78 is 32.4. The Labute approximate surface area is 198 Å². The molecule has 1 fully saturated rings. The van der Waals surface area contributed by atoms with Gasteiger partial charge in [0.2, 0.25) is 0 Å². The maximum Gasteiger partial charge on any atom is 0.303 e. The second-order valence-electron chi connectivity index (χ2n) is 7.46. The maximum atomic E-state index is 11.8. The van der Waals surface area contributed by atoms with Crippen LogP contribution in [-0.4, -0.2) is 72.9 Å². The fraction of sp³-hybridized carbons (Fsp3) is 0.762. The van der Waals surface area contributed by atoms with Crippen molar-refractivity contribution >= 4 is 41.3 Å². The van der Waals surface area contributed by atoms with Gasteiger partial charge in [0.15, 0.2) is 24.5 Å². The number of ether oxygens (including phenoxy) is 6. The van der Waals surface area contributed by atoms with Gasteiger partial charge in [0.1, 0.15) is 12.7 Å². The zero-order valence-electron chi connectivity index (χ0n) is 19.6. The molecule has 1 aliphatic rings. The van der Waals surface area contributed by atoms with E-state index in [-0.39, 0.29) is 11.8 Å². The Morgan fingerprint density at radius 1 is 0.788 bits per heavy atom. The Morgan fingerprint density at radius 2 is 1.36 bits per heavy atom. The predicted octanol–water partition coefficient (Wildman–Crippen LogP) is 1.54. The quantitative estimate of drug-likeness (QED) is 0.194. The highest BCUT2D eigenvalue weighted by Crippen LogP contribution is 2.28. The third-order valence-electron chi connectivity index (χ3n) is 4.48. The summed E-state index contributed by atoms with van der Waals surface area (Å²) in [5, 5.41) is 2.78. The Hall–Kier alpha value is -2.47. The van der Waals surface area contributed by atoms with E-state index in [0.717, 1.165) is 46.5 Å². The zero-order chi connectivity index (χ0) is 25.0. The number of hydrogen-bond donors (Lipinski definition) is 1.